The quantitative estimate of drug-likeness (QED) is 0.812. The van der Waals surface area contributed by atoms with Crippen molar-refractivity contribution in [3.8, 4) is 0 Å². The van der Waals surface area contributed by atoms with Crippen LogP contribution in [0.4, 0.5) is 5.13 Å². The first-order chi connectivity index (χ1) is 6.75. The summed E-state index contributed by atoms with van der Waals surface area (Å²) in [6.45, 7) is 4.83. The van der Waals surface area contributed by atoms with Crippen molar-refractivity contribution in [3.05, 3.63) is 28.5 Å². The van der Waals surface area contributed by atoms with Crippen molar-refractivity contribution in [2.75, 3.05) is 5.32 Å². The summed E-state index contributed by atoms with van der Waals surface area (Å²) in [5.74, 6) is 0. The van der Waals surface area contributed by atoms with Crippen LogP contribution in [0, 0.1) is 13.8 Å². The fourth-order valence-corrected chi connectivity index (χ4v) is 1.82. The van der Waals surface area contributed by atoms with Gasteiger partial charge in [0, 0.05) is 28.9 Å². The second-order valence-electron chi connectivity index (χ2n) is 3.15. The molecule has 0 aliphatic rings. The van der Waals surface area contributed by atoms with Crippen LogP contribution in [0.5, 0.6) is 0 Å². The molecule has 0 unspecified atom stereocenters. The Kier molecular flexibility index (Phi) is 2.49. The first-order valence-corrected chi connectivity index (χ1v) is 5.22. The van der Waals surface area contributed by atoms with Crippen molar-refractivity contribution in [2.45, 2.75) is 20.4 Å². The van der Waals surface area contributed by atoms with E-state index in [9.17, 15) is 0 Å². The van der Waals surface area contributed by atoms with E-state index in [-0.39, 0.29) is 0 Å². The van der Waals surface area contributed by atoms with Crippen LogP contribution < -0.4 is 5.32 Å². The third kappa shape index (κ3) is 1.93. The molecule has 0 saturated carbocycles. The molecule has 2 heterocycles. The van der Waals surface area contributed by atoms with E-state index in [1.54, 1.807) is 11.3 Å². The number of rotatable bonds is 3. The Hall–Kier alpha value is -1.36. The maximum Gasteiger partial charge on any atom is 0.183 e. The Morgan fingerprint density at radius 3 is 2.86 bits per heavy atom. The zero-order valence-electron chi connectivity index (χ0n) is 8.16. The molecule has 74 valence electrons. The predicted octanol–water partition coefficient (Wildman–Crippen LogP) is 2.10. The average molecular weight is 208 g/mol. The minimum absolute atomic E-state index is 0.773. The monoisotopic (exact) mass is 208 g/mol. The summed E-state index contributed by atoms with van der Waals surface area (Å²) in [5.41, 5.74) is 2.28. The lowest BCUT2D eigenvalue weighted by Crippen LogP contribution is -1.98. The molecule has 4 nitrogen and oxygen atoms in total. The molecule has 2 rings (SSSR count). The van der Waals surface area contributed by atoms with Gasteiger partial charge in [0.15, 0.2) is 5.13 Å². The summed E-state index contributed by atoms with van der Waals surface area (Å²) in [7, 11) is 0. The largest absolute Gasteiger partial charge is 0.357 e. The van der Waals surface area contributed by atoms with Crippen LogP contribution >= 0.6 is 11.3 Å². The third-order valence-electron chi connectivity index (χ3n) is 1.99. The summed E-state index contributed by atoms with van der Waals surface area (Å²) < 4.78 is 0. The smallest absolute Gasteiger partial charge is 0.183 e. The molecule has 2 aromatic heterocycles. The average Bonchev–Trinajstić information content (AvgIpc) is 2.72. The number of H-pyrrole nitrogens is 1. The number of aromatic amines is 1. The van der Waals surface area contributed by atoms with E-state index in [0.29, 0.717) is 0 Å². The minimum atomic E-state index is 0.773. The molecular formula is C9H12N4S. The van der Waals surface area contributed by atoms with E-state index in [0.717, 1.165) is 17.4 Å². The fourth-order valence-electron chi connectivity index (χ4n) is 1.16. The molecule has 14 heavy (non-hydrogen) atoms. The van der Waals surface area contributed by atoms with Gasteiger partial charge in [-0.15, -0.1) is 11.3 Å². The van der Waals surface area contributed by atoms with Crippen LogP contribution in [0.15, 0.2) is 12.4 Å². The van der Waals surface area contributed by atoms with Crippen LogP contribution in [0.1, 0.15) is 16.1 Å². The van der Waals surface area contributed by atoms with E-state index < -0.39 is 0 Å². The van der Waals surface area contributed by atoms with Crippen molar-refractivity contribution in [1.29, 1.82) is 0 Å². The van der Waals surface area contributed by atoms with Gasteiger partial charge in [0.25, 0.3) is 0 Å². The Labute approximate surface area is 86.4 Å². The number of hydrogen-bond acceptors (Lipinski definition) is 4. The van der Waals surface area contributed by atoms with Gasteiger partial charge < -0.3 is 5.32 Å². The highest BCUT2D eigenvalue weighted by atomic mass is 32.1. The number of nitrogens with one attached hydrogen (secondary N) is 2. The summed E-state index contributed by atoms with van der Waals surface area (Å²) in [4.78, 5) is 5.44. The van der Waals surface area contributed by atoms with Gasteiger partial charge in [0.1, 0.15) is 0 Å². The Morgan fingerprint density at radius 2 is 2.29 bits per heavy atom. The van der Waals surface area contributed by atoms with Gasteiger partial charge in [-0.1, -0.05) is 0 Å². The molecule has 0 bridgehead atoms. The summed E-state index contributed by atoms with van der Waals surface area (Å²) in [6.07, 6.45) is 3.71. The van der Waals surface area contributed by atoms with Gasteiger partial charge in [-0.25, -0.2) is 4.98 Å². The lowest BCUT2D eigenvalue weighted by atomic mass is 10.3. The van der Waals surface area contributed by atoms with Crippen molar-refractivity contribution in [1.82, 2.24) is 15.2 Å². The van der Waals surface area contributed by atoms with Crippen molar-refractivity contribution in [2.24, 2.45) is 0 Å². The topological polar surface area (TPSA) is 53.6 Å². The van der Waals surface area contributed by atoms with Gasteiger partial charge in [0.2, 0.25) is 0 Å². The van der Waals surface area contributed by atoms with E-state index >= 15 is 0 Å². The SMILES string of the molecule is Cc1cnc(NCc2cn[nH]c2C)s1. The number of thiazole rings is 1. The highest BCUT2D eigenvalue weighted by Gasteiger charge is 2.01. The molecule has 0 saturated heterocycles. The van der Waals surface area contributed by atoms with E-state index in [2.05, 4.69) is 20.5 Å². The Balaban J connectivity index is 1.98. The second kappa shape index (κ2) is 3.79. The van der Waals surface area contributed by atoms with Crippen LogP contribution in [-0.2, 0) is 6.54 Å². The zero-order valence-corrected chi connectivity index (χ0v) is 8.98. The molecule has 0 atom stereocenters. The lowest BCUT2D eigenvalue weighted by molar-refractivity contribution is 1.04. The Bertz CT molecular complexity index is 418. The molecule has 2 aromatic rings. The normalized spacial score (nSPS) is 10.4. The Morgan fingerprint density at radius 1 is 1.43 bits per heavy atom. The van der Waals surface area contributed by atoms with Crippen molar-refractivity contribution < 1.29 is 0 Å². The molecule has 0 amide bonds. The van der Waals surface area contributed by atoms with Gasteiger partial charge in [-0.3, -0.25) is 5.10 Å². The van der Waals surface area contributed by atoms with Gasteiger partial charge in [0.05, 0.1) is 6.20 Å². The third-order valence-corrected chi connectivity index (χ3v) is 2.86. The first kappa shape index (κ1) is 9.21. The predicted molar refractivity (Wildman–Crippen MR) is 57.5 cm³/mol. The van der Waals surface area contributed by atoms with Gasteiger partial charge in [-0.2, -0.15) is 5.10 Å². The van der Waals surface area contributed by atoms with E-state index in [4.69, 9.17) is 0 Å². The second-order valence-corrected chi connectivity index (χ2v) is 4.38. The number of aromatic nitrogens is 3. The molecule has 0 spiro atoms. The van der Waals surface area contributed by atoms with Crippen LogP contribution in [0.2, 0.25) is 0 Å². The van der Waals surface area contributed by atoms with Crippen LogP contribution in [-0.4, -0.2) is 15.2 Å². The lowest BCUT2D eigenvalue weighted by Gasteiger charge is -2.00. The van der Waals surface area contributed by atoms with Crippen molar-refractivity contribution >= 4 is 16.5 Å². The molecule has 0 aliphatic heterocycles. The molecule has 0 fully saturated rings. The first-order valence-electron chi connectivity index (χ1n) is 4.41. The molecule has 2 N–H and O–H groups in total. The van der Waals surface area contributed by atoms with Crippen LogP contribution in [0.3, 0.4) is 0 Å². The standard InChI is InChI=1S/C9H12N4S/c1-6-3-10-9(14-6)11-4-8-5-12-13-7(8)2/h3,5H,4H2,1-2H3,(H,10,11)(H,12,13). The zero-order chi connectivity index (χ0) is 9.97. The van der Waals surface area contributed by atoms with Gasteiger partial charge in [-0.05, 0) is 13.8 Å². The molecule has 5 heteroatoms. The highest BCUT2D eigenvalue weighted by Crippen LogP contribution is 2.17. The minimum Gasteiger partial charge on any atom is -0.357 e. The number of nitrogens with zero attached hydrogens (tertiary/aromatic N) is 2. The number of hydrogen-bond donors (Lipinski definition) is 2. The summed E-state index contributed by atoms with van der Waals surface area (Å²) in [6, 6.07) is 0. The van der Waals surface area contributed by atoms with E-state index in [1.165, 1.54) is 10.4 Å². The maximum atomic E-state index is 4.22. The number of anilines is 1. The van der Waals surface area contributed by atoms with E-state index in [1.807, 2.05) is 26.2 Å². The van der Waals surface area contributed by atoms with Crippen LogP contribution in [0.25, 0.3) is 0 Å². The molecule has 0 aromatic carbocycles. The number of aryl methyl sites for hydroxylation is 2. The maximum absolute atomic E-state index is 4.22. The van der Waals surface area contributed by atoms with Crippen molar-refractivity contribution in [3.63, 3.8) is 0 Å². The summed E-state index contributed by atoms with van der Waals surface area (Å²) in [5, 5.41) is 11.1. The molecule has 0 radical (unpaired) electrons. The highest BCUT2D eigenvalue weighted by molar-refractivity contribution is 7.15. The molecule has 0 aliphatic carbocycles. The molecular weight excluding hydrogens is 196 g/mol. The van der Waals surface area contributed by atoms with Gasteiger partial charge >= 0.3 is 0 Å². The summed E-state index contributed by atoms with van der Waals surface area (Å²) >= 11 is 1.66. The fraction of sp³-hybridized carbons (Fsp3) is 0.333.